The molecule has 0 fully saturated rings. The Kier molecular flexibility index (Phi) is 7.74. The van der Waals surface area contributed by atoms with Gasteiger partial charge >= 0.3 is 0 Å². The molecule has 1 unspecified atom stereocenters. The summed E-state index contributed by atoms with van der Waals surface area (Å²) in [6.07, 6.45) is 3.83. The predicted octanol–water partition coefficient (Wildman–Crippen LogP) is 3.97. The van der Waals surface area contributed by atoms with Crippen LogP contribution < -0.4 is 5.32 Å². The average Bonchev–Trinajstić information content (AvgIpc) is 2.39. The maximum absolute atomic E-state index is 5.89. The second-order valence-electron chi connectivity index (χ2n) is 4.16. The van der Waals surface area contributed by atoms with E-state index in [1.807, 2.05) is 18.2 Å². The van der Waals surface area contributed by atoms with Crippen molar-refractivity contribution in [3.05, 3.63) is 47.5 Å². The summed E-state index contributed by atoms with van der Waals surface area (Å²) >= 11 is 5.89. The summed E-state index contributed by atoms with van der Waals surface area (Å²) in [7, 11) is 0. The molecule has 1 aromatic rings. The van der Waals surface area contributed by atoms with Crippen LogP contribution in [-0.2, 0) is 4.74 Å². The Hall–Kier alpha value is -0.830. The lowest BCUT2D eigenvalue weighted by Crippen LogP contribution is -2.25. The van der Waals surface area contributed by atoms with Crippen molar-refractivity contribution in [2.45, 2.75) is 25.8 Å². The Morgan fingerprint density at radius 1 is 1.33 bits per heavy atom. The van der Waals surface area contributed by atoms with E-state index in [0.29, 0.717) is 6.04 Å². The van der Waals surface area contributed by atoms with Gasteiger partial charge in [-0.3, -0.25) is 0 Å². The van der Waals surface area contributed by atoms with Crippen LogP contribution in [0.2, 0.25) is 5.02 Å². The predicted molar refractivity (Wildman–Crippen MR) is 78.1 cm³/mol. The summed E-state index contributed by atoms with van der Waals surface area (Å²) in [4.78, 5) is 0. The molecule has 0 radical (unpaired) electrons. The first-order valence-corrected chi connectivity index (χ1v) is 6.83. The highest BCUT2D eigenvalue weighted by Crippen LogP contribution is 2.18. The fraction of sp³-hybridized carbons (Fsp3) is 0.467. The van der Waals surface area contributed by atoms with Crippen LogP contribution in [-0.4, -0.2) is 19.8 Å². The molecule has 2 nitrogen and oxygen atoms in total. The van der Waals surface area contributed by atoms with Gasteiger partial charge in [-0.1, -0.05) is 36.7 Å². The van der Waals surface area contributed by atoms with Gasteiger partial charge in [0.2, 0.25) is 0 Å². The summed E-state index contributed by atoms with van der Waals surface area (Å²) in [5, 5.41) is 4.27. The summed E-state index contributed by atoms with van der Waals surface area (Å²) in [6.45, 7) is 8.18. The molecular weight excluding hydrogens is 246 g/mol. The molecule has 0 saturated carbocycles. The summed E-state index contributed by atoms with van der Waals surface area (Å²) < 4.78 is 5.47. The summed E-state index contributed by atoms with van der Waals surface area (Å²) in [5.74, 6) is 0. The number of benzene rings is 1. The minimum Gasteiger partial charge on any atom is -0.380 e. The molecule has 0 bridgehead atoms. The maximum atomic E-state index is 5.89. The highest BCUT2D eigenvalue weighted by atomic mass is 35.5. The van der Waals surface area contributed by atoms with Gasteiger partial charge in [0.15, 0.2) is 0 Å². The quantitative estimate of drug-likeness (QED) is 0.540. The molecule has 3 heteroatoms. The molecule has 100 valence electrons. The smallest absolute Gasteiger partial charge is 0.0591 e. The van der Waals surface area contributed by atoms with E-state index in [4.69, 9.17) is 16.3 Å². The minimum absolute atomic E-state index is 0.366. The van der Waals surface area contributed by atoms with E-state index in [-0.39, 0.29) is 0 Å². The zero-order valence-corrected chi connectivity index (χ0v) is 11.7. The molecule has 18 heavy (non-hydrogen) atoms. The van der Waals surface area contributed by atoms with Crippen LogP contribution in [0.4, 0.5) is 0 Å². The van der Waals surface area contributed by atoms with Gasteiger partial charge in [-0.05, 0) is 30.5 Å². The normalized spacial score (nSPS) is 12.3. The topological polar surface area (TPSA) is 21.3 Å². The Morgan fingerprint density at radius 2 is 2.06 bits per heavy atom. The zero-order valence-electron chi connectivity index (χ0n) is 11.0. The number of halogens is 1. The number of rotatable bonds is 9. The molecular formula is C15H22ClNO. The van der Waals surface area contributed by atoms with Gasteiger partial charge in [0.1, 0.15) is 0 Å². The van der Waals surface area contributed by atoms with Crippen molar-refractivity contribution in [3.63, 3.8) is 0 Å². The van der Waals surface area contributed by atoms with Crippen molar-refractivity contribution >= 4 is 11.6 Å². The van der Waals surface area contributed by atoms with E-state index in [9.17, 15) is 0 Å². The Morgan fingerprint density at radius 3 is 2.67 bits per heavy atom. The van der Waals surface area contributed by atoms with Gasteiger partial charge in [0, 0.05) is 17.6 Å². The van der Waals surface area contributed by atoms with Crippen LogP contribution in [0, 0.1) is 0 Å². The first-order chi connectivity index (χ1) is 8.77. The van der Waals surface area contributed by atoms with Gasteiger partial charge < -0.3 is 10.1 Å². The molecule has 1 aromatic carbocycles. The number of hydrogen-bond acceptors (Lipinski definition) is 2. The SMILES string of the molecule is C=CCCOCCNC(CC)c1ccc(Cl)cc1. The van der Waals surface area contributed by atoms with E-state index in [1.54, 1.807) is 0 Å². The highest BCUT2D eigenvalue weighted by Gasteiger charge is 2.07. The molecule has 0 aliphatic heterocycles. The van der Waals surface area contributed by atoms with Gasteiger partial charge in [0.05, 0.1) is 13.2 Å². The third kappa shape index (κ3) is 5.67. The molecule has 0 spiro atoms. The fourth-order valence-electron chi connectivity index (χ4n) is 1.77. The van der Waals surface area contributed by atoms with Crippen LogP contribution in [0.5, 0.6) is 0 Å². The highest BCUT2D eigenvalue weighted by molar-refractivity contribution is 6.30. The van der Waals surface area contributed by atoms with Crippen molar-refractivity contribution in [1.82, 2.24) is 5.32 Å². The van der Waals surface area contributed by atoms with E-state index < -0.39 is 0 Å². The number of ether oxygens (including phenoxy) is 1. The summed E-state index contributed by atoms with van der Waals surface area (Å²) in [6, 6.07) is 8.37. The Bertz CT molecular complexity index is 337. The van der Waals surface area contributed by atoms with Crippen LogP contribution in [0.25, 0.3) is 0 Å². The van der Waals surface area contributed by atoms with Crippen molar-refractivity contribution < 1.29 is 4.74 Å². The molecule has 0 aliphatic carbocycles. The van der Waals surface area contributed by atoms with E-state index in [1.165, 1.54) is 5.56 Å². The molecule has 0 saturated heterocycles. The third-order valence-corrected chi connectivity index (χ3v) is 3.04. The number of hydrogen-bond donors (Lipinski definition) is 1. The first kappa shape index (κ1) is 15.2. The molecule has 0 amide bonds. The lowest BCUT2D eigenvalue weighted by atomic mass is 10.0. The Balaban J connectivity index is 2.29. The molecule has 0 aliphatic rings. The third-order valence-electron chi connectivity index (χ3n) is 2.78. The fourth-order valence-corrected chi connectivity index (χ4v) is 1.89. The van der Waals surface area contributed by atoms with Crippen molar-refractivity contribution in [2.75, 3.05) is 19.8 Å². The van der Waals surface area contributed by atoms with Gasteiger partial charge in [0.25, 0.3) is 0 Å². The second kappa shape index (κ2) is 9.15. The van der Waals surface area contributed by atoms with E-state index in [2.05, 4.69) is 31.0 Å². The van der Waals surface area contributed by atoms with Crippen LogP contribution in [0.15, 0.2) is 36.9 Å². The molecule has 1 N–H and O–H groups in total. The average molecular weight is 268 g/mol. The van der Waals surface area contributed by atoms with Gasteiger partial charge in [-0.25, -0.2) is 0 Å². The van der Waals surface area contributed by atoms with E-state index in [0.717, 1.165) is 37.6 Å². The maximum Gasteiger partial charge on any atom is 0.0591 e. The standard InChI is InChI=1S/C15H22ClNO/c1-3-5-11-18-12-10-17-15(4-2)13-6-8-14(16)9-7-13/h3,6-9,15,17H,1,4-5,10-12H2,2H3. The summed E-state index contributed by atoms with van der Waals surface area (Å²) in [5.41, 5.74) is 1.27. The lowest BCUT2D eigenvalue weighted by molar-refractivity contribution is 0.138. The molecule has 0 aromatic heterocycles. The van der Waals surface area contributed by atoms with Crippen molar-refractivity contribution in [3.8, 4) is 0 Å². The number of nitrogens with one attached hydrogen (secondary N) is 1. The van der Waals surface area contributed by atoms with Gasteiger partial charge in [-0.2, -0.15) is 0 Å². The van der Waals surface area contributed by atoms with Crippen LogP contribution in [0.3, 0.4) is 0 Å². The molecule has 1 rings (SSSR count). The minimum atomic E-state index is 0.366. The van der Waals surface area contributed by atoms with Crippen LogP contribution in [0.1, 0.15) is 31.4 Å². The van der Waals surface area contributed by atoms with Crippen molar-refractivity contribution in [2.24, 2.45) is 0 Å². The van der Waals surface area contributed by atoms with Crippen molar-refractivity contribution in [1.29, 1.82) is 0 Å². The zero-order chi connectivity index (χ0) is 13.2. The first-order valence-electron chi connectivity index (χ1n) is 6.45. The van der Waals surface area contributed by atoms with Crippen LogP contribution >= 0.6 is 11.6 Å². The molecule has 1 atom stereocenters. The van der Waals surface area contributed by atoms with Gasteiger partial charge in [-0.15, -0.1) is 6.58 Å². The Labute approximate surface area is 115 Å². The lowest BCUT2D eigenvalue weighted by Gasteiger charge is -2.17. The molecule has 0 heterocycles. The second-order valence-corrected chi connectivity index (χ2v) is 4.59. The monoisotopic (exact) mass is 267 g/mol. The largest absolute Gasteiger partial charge is 0.380 e. The van der Waals surface area contributed by atoms with E-state index >= 15 is 0 Å².